The molecule has 1 aromatic carbocycles. The van der Waals surface area contributed by atoms with E-state index in [1.54, 1.807) is 12.1 Å². The monoisotopic (exact) mass is 315 g/mol. The first-order chi connectivity index (χ1) is 7.99. The van der Waals surface area contributed by atoms with Gasteiger partial charge < -0.3 is 10.8 Å². The van der Waals surface area contributed by atoms with Crippen molar-refractivity contribution in [2.75, 3.05) is 5.73 Å². The Labute approximate surface area is 109 Å². The lowest BCUT2D eigenvalue weighted by atomic mass is 10.2. The molecule has 0 amide bonds. The van der Waals surface area contributed by atoms with Gasteiger partial charge in [-0.15, -0.1) is 11.3 Å². The fourth-order valence-corrected chi connectivity index (χ4v) is 2.53. The Bertz CT molecular complexity index is 597. The Morgan fingerprint density at radius 2 is 2.12 bits per heavy atom. The second-order valence-corrected chi connectivity index (χ2v) is 5.24. The molecule has 1 heterocycles. The van der Waals surface area contributed by atoms with E-state index in [1.807, 2.05) is 0 Å². The molecule has 0 saturated heterocycles. The smallest absolute Gasteiger partial charge is 0.348 e. The van der Waals surface area contributed by atoms with Crippen molar-refractivity contribution >= 4 is 38.9 Å². The predicted octanol–water partition coefficient (Wildman–Crippen LogP) is 3.60. The lowest BCUT2D eigenvalue weighted by Crippen LogP contribution is -1.96. The summed E-state index contributed by atoms with van der Waals surface area (Å²) in [5.74, 6) is -1.47. The van der Waals surface area contributed by atoms with E-state index in [0.717, 1.165) is 11.3 Å². The highest BCUT2D eigenvalue weighted by Gasteiger charge is 2.14. The maximum atomic E-state index is 13.3. The SMILES string of the molecule is Nc1cc(-c2ccc(Br)c(F)c2)sc1C(=O)O. The molecule has 6 heteroatoms. The molecule has 0 bridgehead atoms. The van der Waals surface area contributed by atoms with E-state index < -0.39 is 11.8 Å². The molecule has 0 aliphatic heterocycles. The van der Waals surface area contributed by atoms with Crippen molar-refractivity contribution in [2.45, 2.75) is 0 Å². The van der Waals surface area contributed by atoms with Crippen LogP contribution in [0.1, 0.15) is 9.67 Å². The van der Waals surface area contributed by atoms with E-state index in [2.05, 4.69) is 15.9 Å². The molecule has 2 rings (SSSR count). The van der Waals surface area contributed by atoms with Crippen molar-refractivity contribution in [3.05, 3.63) is 39.4 Å². The Morgan fingerprint density at radius 1 is 1.41 bits per heavy atom. The van der Waals surface area contributed by atoms with Gasteiger partial charge in [-0.3, -0.25) is 0 Å². The Balaban J connectivity index is 2.50. The molecule has 0 spiro atoms. The molecule has 0 aliphatic rings. The van der Waals surface area contributed by atoms with Crippen molar-refractivity contribution < 1.29 is 14.3 Å². The minimum absolute atomic E-state index is 0.0725. The topological polar surface area (TPSA) is 63.3 Å². The molecule has 2 aromatic rings. The number of benzene rings is 1. The minimum atomic E-state index is -1.07. The van der Waals surface area contributed by atoms with E-state index in [0.29, 0.717) is 14.9 Å². The summed E-state index contributed by atoms with van der Waals surface area (Å²) in [6.45, 7) is 0. The van der Waals surface area contributed by atoms with E-state index in [-0.39, 0.29) is 10.6 Å². The van der Waals surface area contributed by atoms with Gasteiger partial charge >= 0.3 is 5.97 Å². The van der Waals surface area contributed by atoms with Gasteiger partial charge in [0, 0.05) is 4.88 Å². The van der Waals surface area contributed by atoms with E-state index >= 15 is 0 Å². The Morgan fingerprint density at radius 3 is 2.65 bits per heavy atom. The molecule has 0 unspecified atom stereocenters. The summed E-state index contributed by atoms with van der Waals surface area (Å²) in [6, 6.07) is 6.14. The quantitative estimate of drug-likeness (QED) is 0.890. The third-order valence-electron chi connectivity index (χ3n) is 2.16. The van der Waals surface area contributed by atoms with Crippen molar-refractivity contribution in [1.29, 1.82) is 0 Å². The molecule has 88 valence electrons. The average molecular weight is 316 g/mol. The highest BCUT2D eigenvalue weighted by atomic mass is 79.9. The summed E-state index contributed by atoms with van der Waals surface area (Å²) < 4.78 is 13.7. The van der Waals surface area contributed by atoms with Crippen LogP contribution in [0.15, 0.2) is 28.7 Å². The van der Waals surface area contributed by atoms with Gasteiger partial charge in [-0.25, -0.2) is 9.18 Å². The number of nitrogen functional groups attached to an aromatic ring is 1. The summed E-state index contributed by atoms with van der Waals surface area (Å²) >= 11 is 4.08. The number of hydrogen-bond acceptors (Lipinski definition) is 3. The summed E-state index contributed by atoms with van der Waals surface area (Å²) in [5.41, 5.74) is 6.38. The van der Waals surface area contributed by atoms with Gasteiger partial charge in [-0.1, -0.05) is 6.07 Å². The van der Waals surface area contributed by atoms with Crippen LogP contribution in [-0.4, -0.2) is 11.1 Å². The van der Waals surface area contributed by atoms with Crippen LogP contribution in [0.5, 0.6) is 0 Å². The third kappa shape index (κ3) is 2.32. The average Bonchev–Trinajstić information content (AvgIpc) is 2.64. The first kappa shape index (κ1) is 12.1. The normalized spacial score (nSPS) is 10.5. The molecular formula is C11H7BrFNO2S. The molecule has 3 N–H and O–H groups in total. The zero-order valence-corrected chi connectivity index (χ0v) is 10.8. The van der Waals surface area contributed by atoms with Gasteiger partial charge in [0.25, 0.3) is 0 Å². The lowest BCUT2D eigenvalue weighted by molar-refractivity contribution is 0.0703. The van der Waals surface area contributed by atoms with Crippen LogP contribution in [0, 0.1) is 5.82 Å². The summed E-state index contributed by atoms with van der Waals surface area (Å²) in [7, 11) is 0. The summed E-state index contributed by atoms with van der Waals surface area (Å²) in [6.07, 6.45) is 0. The molecule has 0 saturated carbocycles. The standard InChI is InChI=1S/C11H7BrFNO2S/c12-6-2-1-5(3-7(6)13)9-4-8(14)10(17-9)11(15)16/h1-4H,14H2,(H,15,16). The summed E-state index contributed by atoms with van der Waals surface area (Å²) in [5, 5.41) is 8.87. The van der Waals surface area contributed by atoms with Gasteiger partial charge in [0.05, 0.1) is 10.2 Å². The number of rotatable bonds is 2. The number of hydrogen-bond donors (Lipinski definition) is 2. The Hall–Kier alpha value is -1.40. The molecule has 0 radical (unpaired) electrons. The lowest BCUT2D eigenvalue weighted by Gasteiger charge is -1.98. The number of halogens is 2. The number of carbonyl (C=O) groups is 1. The fraction of sp³-hybridized carbons (Fsp3) is 0. The van der Waals surface area contributed by atoms with Crippen molar-refractivity contribution in [2.24, 2.45) is 0 Å². The zero-order valence-electron chi connectivity index (χ0n) is 8.41. The van der Waals surface area contributed by atoms with Gasteiger partial charge in [-0.05, 0) is 39.7 Å². The van der Waals surface area contributed by atoms with Crippen LogP contribution >= 0.6 is 27.3 Å². The number of carboxylic acid groups (broad SMARTS) is 1. The molecule has 3 nitrogen and oxygen atoms in total. The second-order valence-electron chi connectivity index (χ2n) is 3.33. The predicted molar refractivity (Wildman–Crippen MR) is 68.8 cm³/mol. The zero-order chi connectivity index (χ0) is 12.6. The highest BCUT2D eigenvalue weighted by molar-refractivity contribution is 9.10. The van der Waals surface area contributed by atoms with Gasteiger partial charge in [0.15, 0.2) is 0 Å². The molecule has 1 aromatic heterocycles. The van der Waals surface area contributed by atoms with Crippen LogP contribution < -0.4 is 5.73 Å². The Kier molecular flexibility index (Phi) is 3.17. The summed E-state index contributed by atoms with van der Waals surface area (Å²) in [4.78, 5) is 11.5. The first-order valence-electron chi connectivity index (χ1n) is 4.57. The molecule has 0 atom stereocenters. The van der Waals surface area contributed by atoms with Crippen LogP contribution in [0.2, 0.25) is 0 Å². The first-order valence-corrected chi connectivity index (χ1v) is 6.18. The van der Waals surface area contributed by atoms with Crippen molar-refractivity contribution in [3.63, 3.8) is 0 Å². The third-order valence-corrected chi connectivity index (χ3v) is 3.99. The second kappa shape index (κ2) is 4.46. The van der Waals surface area contributed by atoms with Gasteiger partial charge in [-0.2, -0.15) is 0 Å². The highest BCUT2D eigenvalue weighted by Crippen LogP contribution is 2.34. The van der Waals surface area contributed by atoms with Gasteiger partial charge in [0.1, 0.15) is 10.7 Å². The van der Waals surface area contributed by atoms with Crippen LogP contribution in [0.25, 0.3) is 10.4 Å². The molecular weight excluding hydrogens is 309 g/mol. The van der Waals surface area contributed by atoms with Crippen molar-refractivity contribution in [1.82, 2.24) is 0 Å². The number of aromatic carboxylic acids is 1. The minimum Gasteiger partial charge on any atom is -0.477 e. The van der Waals surface area contributed by atoms with Crippen LogP contribution in [0.3, 0.4) is 0 Å². The molecule has 0 aliphatic carbocycles. The van der Waals surface area contributed by atoms with E-state index in [9.17, 15) is 9.18 Å². The van der Waals surface area contributed by atoms with Gasteiger partial charge in [0.2, 0.25) is 0 Å². The van der Waals surface area contributed by atoms with Crippen LogP contribution in [-0.2, 0) is 0 Å². The number of nitrogens with two attached hydrogens (primary N) is 1. The maximum Gasteiger partial charge on any atom is 0.348 e. The number of anilines is 1. The number of carboxylic acids is 1. The maximum absolute atomic E-state index is 13.3. The van der Waals surface area contributed by atoms with Crippen molar-refractivity contribution in [3.8, 4) is 10.4 Å². The van der Waals surface area contributed by atoms with E-state index in [1.165, 1.54) is 12.1 Å². The molecule has 17 heavy (non-hydrogen) atoms. The largest absolute Gasteiger partial charge is 0.477 e. The van der Waals surface area contributed by atoms with E-state index in [4.69, 9.17) is 10.8 Å². The fourth-order valence-electron chi connectivity index (χ4n) is 1.36. The van der Waals surface area contributed by atoms with Crippen LogP contribution in [0.4, 0.5) is 10.1 Å². The number of thiophene rings is 1. The molecule has 0 fully saturated rings.